The first-order valence-electron chi connectivity index (χ1n) is 9.17. The smallest absolute Gasteiger partial charge is 0.338 e. The lowest BCUT2D eigenvalue weighted by Gasteiger charge is -2.19. The van der Waals surface area contributed by atoms with Crippen LogP contribution in [0.15, 0.2) is 63.1 Å². The Kier molecular flexibility index (Phi) is 7.54. The molecule has 0 spiro atoms. The maximum Gasteiger partial charge on any atom is 0.338 e. The molecule has 3 rings (SSSR count). The number of carbonyl (C=O) groups is 2. The molecule has 0 aliphatic carbocycles. The quantitative estimate of drug-likeness (QED) is 0.208. The lowest BCUT2D eigenvalue weighted by molar-refractivity contribution is -0.387. The van der Waals surface area contributed by atoms with Gasteiger partial charge >= 0.3 is 5.97 Å². The van der Waals surface area contributed by atoms with Crippen LogP contribution in [0, 0.1) is 28.4 Å². The fourth-order valence-corrected chi connectivity index (χ4v) is 4.52. The van der Waals surface area contributed by atoms with E-state index in [2.05, 4.69) is 4.98 Å². The zero-order chi connectivity index (χ0) is 23.1. The minimum absolute atomic E-state index is 0.0595. The lowest BCUT2D eigenvalue weighted by atomic mass is 10.2. The number of para-hydroxylation sites is 1. The molecule has 0 bridgehead atoms. The molecular formula is C21H16N4O5S2. The summed E-state index contributed by atoms with van der Waals surface area (Å²) < 4.78 is 5.70. The number of rotatable bonds is 8. The SMILES string of the molecule is Cc1csc(Sc2ccc(C(=O)OCC(=O)N(CC#N)c3ccccc3)cc2[N+](=O)[O-])n1. The average Bonchev–Trinajstić information content (AvgIpc) is 3.20. The van der Waals surface area contributed by atoms with Gasteiger partial charge in [0.05, 0.1) is 21.5 Å². The van der Waals surface area contributed by atoms with E-state index >= 15 is 0 Å². The van der Waals surface area contributed by atoms with Crippen molar-refractivity contribution in [2.45, 2.75) is 16.2 Å². The second kappa shape index (κ2) is 10.5. The molecule has 1 heterocycles. The zero-order valence-electron chi connectivity index (χ0n) is 16.8. The molecule has 3 aromatic rings. The molecular weight excluding hydrogens is 452 g/mol. The molecule has 0 saturated heterocycles. The largest absolute Gasteiger partial charge is 0.452 e. The van der Waals surface area contributed by atoms with Gasteiger partial charge in [0.2, 0.25) is 0 Å². The molecule has 9 nitrogen and oxygen atoms in total. The zero-order valence-corrected chi connectivity index (χ0v) is 18.4. The van der Waals surface area contributed by atoms with Gasteiger partial charge in [-0.15, -0.1) is 11.3 Å². The lowest BCUT2D eigenvalue weighted by Crippen LogP contribution is -2.35. The second-order valence-corrected chi connectivity index (χ2v) is 8.49. The van der Waals surface area contributed by atoms with Crippen LogP contribution >= 0.6 is 23.1 Å². The number of nitro benzene ring substituents is 1. The standard InChI is InChI=1S/C21H16N4O5S2/c1-14-13-31-21(23-14)32-18-8-7-15(11-17(18)25(28)29)20(27)30-12-19(26)24(10-9-22)16-5-3-2-4-6-16/h2-8,11,13H,10,12H2,1H3. The van der Waals surface area contributed by atoms with E-state index in [9.17, 15) is 19.7 Å². The Bertz CT molecular complexity index is 1190. The maximum atomic E-state index is 12.5. The van der Waals surface area contributed by atoms with E-state index in [1.54, 1.807) is 30.3 Å². The van der Waals surface area contributed by atoms with Crippen molar-refractivity contribution >= 4 is 46.3 Å². The molecule has 1 amide bonds. The van der Waals surface area contributed by atoms with Crippen LogP contribution in [-0.4, -0.2) is 34.9 Å². The Labute approximate surface area is 191 Å². The summed E-state index contributed by atoms with van der Waals surface area (Å²) >= 11 is 2.50. The topological polar surface area (TPSA) is 126 Å². The number of ether oxygens (including phenoxy) is 1. The van der Waals surface area contributed by atoms with E-state index in [1.807, 2.05) is 18.4 Å². The van der Waals surface area contributed by atoms with Crippen LogP contribution in [0.3, 0.4) is 0 Å². The van der Waals surface area contributed by atoms with Crippen molar-refractivity contribution < 1.29 is 19.2 Å². The Hall–Kier alpha value is -3.75. The first kappa shape index (κ1) is 22.9. The molecule has 0 unspecified atom stereocenters. The first-order chi connectivity index (χ1) is 15.4. The highest BCUT2D eigenvalue weighted by molar-refractivity contribution is 8.01. The van der Waals surface area contributed by atoms with E-state index in [1.165, 1.54) is 28.4 Å². The number of aromatic nitrogens is 1. The molecule has 0 aliphatic heterocycles. The van der Waals surface area contributed by atoms with E-state index in [0.29, 0.717) is 14.9 Å². The molecule has 0 saturated carbocycles. The molecule has 0 N–H and O–H groups in total. The summed E-state index contributed by atoms with van der Waals surface area (Å²) in [7, 11) is 0. The van der Waals surface area contributed by atoms with Crippen molar-refractivity contribution in [3.8, 4) is 6.07 Å². The summed E-state index contributed by atoms with van der Waals surface area (Å²) in [6, 6.07) is 14.4. The van der Waals surface area contributed by atoms with Crippen LogP contribution in [-0.2, 0) is 9.53 Å². The number of nitriles is 1. The number of hydrogen-bond donors (Lipinski definition) is 0. The monoisotopic (exact) mass is 468 g/mol. The average molecular weight is 469 g/mol. The van der Waals surface area contributed by atoms with Crippen molar-refractivity contribution in [2.24, 2.45) is 0 Å². The third kappa shape index (κ3) is 5.69. The van der Waals surface area contributed by atoms with Crippen molar-refractivity contribution in [1.82, 2.24) is 4.98 Å². The maximum absolute atomic E-state index is 12.5. The van der Waals surface area contributed by atoms with E-state index in [4.69, 9.17) is 10.00 Å². The number of esters is 1. The van der Waals surface area contributed by atoms with E-state index in [0.717, 1.165) is 23.5 Å². The number of amides is 1. The third-order valence-electron chi connectivity index (χ3n) is 4.11. The number of carbonyl (C=O) groups excluding carboxylic acids is 2. The minimum Gasteiger partial charge on any atom is -0.452 e. The highest BCUT2D eigenvalue weighted by Crippen LogP contribution is 2.36. The van der Waals surface area contributed by atoms with E-state index < -0.39 is 23.4 Å². The number of hydrogen-bond acceptors (Lipinski definition) is 9. The van der Waals surface area contributed by atoms with Crippen LogP contribution < -0.4 is 4.90 Å². The van der Waals surface area contributed by atoms with Crippen LogP contribution in [0.1, 0.15) is 16.1 Å². The summed E-state index contributed by atoms with van der Waals surface area (Å²) in [5, 5.41) is 22.3. The Morgan fingerprint density at radius 1 is 1.28 bits per heavy atom. The van der Waals surface area contributed by atoms with Crippen molar-refractivity contribution in [3.63, 3.8) is 0 Å². The summed E-state index contributed by atoms with van der Waals surface area (Å²) in [6.45, 7) is 0.997. The first-order valence-corrected chi connectivity index (χ1v) is 10.9. The summed E-state index contributed by atoms with van der Waals surface area (Å²) in [6.07, 6.45) is 0. The third-order valence-corrected chi connectivity index (χ3v) is 6.23. The molecule has 2 aromatic carbocycles. The predicted octanol–water partition coefficient (Wildman–Crippen LogP) is 4.22. The number of anilines is 1. The van der Waals surface area contributed by atoms with Gasteiger partial charge in [-0.1, -0.05) is 30.0 Å². The summed E-state index contributed by atoms with van der Waals surface area (Å²) in [5.74, 6) is -1.47. The highest BCUT2D eigenvalue weighted by atomic mass is 32.2. The summed E-state index contributed by atoms with van der Waals surface area (Å²) in [5.41, 5.74) is 0.977. The van der Waals surface area contributed by atoms with Crippen molar-refractivity contribution in [3.05, 3.63) is 75.3 Å². The predicted molar refractivity (Wildman–Crippen MR) is 119 cm³/mol. The second-order valence-electron chi connectivity index (χ2n) is 6.35. The number of nitro groups is 1. The van der Waals surface area contributed by atoms with Gasteiger partial charge in [-0.3, -0.25) is 19.8 Å². The normalized spacial score (nSPS) is 10.2. The number of benzene rings is 2. The van der Waals surface area contributed by atoms with Gasteiger partial charge in [0.25, 0.3) is 11.6 Å². The molecule has 1 aromatic heterocycles. The molecule has 162 valence electrons. The van der Waals surface area contributed by atoms with Gasteiger partial charge in [0, 0.05) is 22.8 Å². The molecule has 0 fully saturated rings. The van der Waals surface area contributed by atoms with Gasteiger partial charge < -0.3 is 4.74 Å². The van der Waals surface area contributed by atoms with E-state index in [-0.39, 0.29) is 17.8 Å². The highest BCUT2D eigenvalue weighted by Gasteiger charge is 2.22. The van der Waals surface area contributed by atoms with Gasteiger partial charge in [-0.05, 0) is 31.2 Å². The number of nitrogens with zero attached hydrogens (tertiary/aromatic N) is 4. The summed E-state index contributed by atoms with van der Waals surface area (Å²) in [4.78, 5) is 41.6. The van der Waals surface area contributed by atoms with Crippen molar-refractivity contribution in [2.75, 3.05) is 18.1 Å². The van der Waals surface area contributed by atoms with Crippen LogP contribution in [0.2, 0.25) is 0 Å². The van der Waals surface area contributed by atoms with Crippen LogP contribution in [0.4, 0.5) is 11.4 Å². The fourth-order valence-electron chi connectivity index (χ4n) is 2.64. The van der Waals surface area contributed by atoms with Crippen LogP contribution in [0.25, 0.3) is 0 Å². The Balaban J connectivity index is 1.71. The Morgan fingerprint density at radius 2 is 2.03 bits per heavy atom. The van der Waals surface area contributed by atoms with Gasteiger partial charge in [-0.2, -0.15) is 5.26 Å². The van der Waals surface area contributed by atoms with Gasteiger partial charge in [0.15, 0.2) is 10.9 Å². The molecule has 0 radical (unpaired) electrons. The molecule has 0 atom stereocenters. The fraction of sp³-hybridized carbons (Fsp3) is 0.143. The molecule has 32 heavy (non-hydrogen) atoms. The molecule has 11 heteroatoms. The minimum atomic E-state index is -0.881. The van der Waals surface area contributed by atoms with Gasteiger partial charge in [-0.25, -0.2) is 9.78 Å². The number of aryl methyl sites for hydroxylation is 1. The van der Waals surface area contributed by atoms with Crippen molar-refractivity contribution in [1.29, 1.82) is 5.26 Å². The van der Waals surface area contributed by atoms with Crippen LogP contribution in [0.5, 0.6) is 0 Å². The van der Waals surface area contributed by atoms with Gasteiger partial charge in [0.1, 0.15) is 6.54 Å². The molecule has 0 aliphatic rings. The number of thiazole rings is 1. The Morgan fingerprint density at radius 3 is 2.66 bits per heavy atom.